The molecule has 0 N–H and O–H groups in total. The molecule has 0 atom stereocenters. The van der Waals surface area contributed by atoms with Crippen LogP contribution in [-0.4, -0.2) is 0 Å². The van der Waals surface area contributed by atoms with Crippen molar-refractivity contribution in [3.8, 4) is 44.5 Å². The molecule has 0 aliphatic heterocycles. The summed E-state index contributed by atoms with van der Waals surface area (Å²) in [5, 5.41) is 9.78. The number of hydrogen-bond donors (Lipinski definition) is 0. The maximum atomic E-state index is 2.52. The Balaban J connectivity index is 0.907. The molecule has 0 aromatic heterocycles. The molecule has 0 bridgehead atoms. The fraction of sp³-hybridized carbons (Fsp3) is 0.0130. The molecular formula is C77H50N2. The molecular weight excluding hydrogens is 953 g/mol. The Labute approximate surface area is 460 Å². The Morgan fingerprint density at radius 3 is 0.937 bits per heavy atom. The van der Waals surface area contributed by atoms with Gasteiger partial charge in [0.05, 0.1) is 16.8 Å². The van der Waals surface area contributed by atoms with Crippen LogP contribution in [0.25, 0.3) is 87.6 Å². The van der Waals surface area contributed by atoms with Crippen LogP contribution in [0.15, 0.2) is 303 Å². The number of anilines is 6. The molecule has 0 unspecified atom stereocenters. The van der Waals surface area contributed by atoms with E-state index in [0.717, 1.165) is 34.1 Å². The topological polar surface area (TPSA) is 6.48 Å². The van der Waals surface area contributed by atoms with Gasteiger partial charge in [-0.15, -0.1) is 0 Å². The highest BCUT2D eigenvalue weighted by molar-refractivity contribution is 6.04. The molecule has 79 heavy (non-hydrogen) atoms. The van der Waals surface area contributed by atoms with Gasteiger partial charge in [0.25, 0.3) is 0 Å². The van der Waals surface area contributed by atoms with Crippen molar-refractivity contribution in [1.82, 2.24) is 0 Å². The third-order valence-corrected chi connectivity index (χ3v) is 17.0. The zero-order valence-corrected chi connectivity index (χ0v) is 43.3. The van der Waals surface area contributed by atoms with E-state index in [-0.39, 0.29) is 0 Å². The zero-order valence-electron chi connectivity index (χ0n) is 43.3. The average Bonchev–Trinajstić information content (AvgIpc) is 4.09. The van der Waals surface area contributed by atoms with E-state index < -0.39 is 5.41 Å². The van der Waals surface area contributed by atoms with Crippen molar-refractivity contribution in [2.45, 2.75) is 5.41 Å². The summed E-state index contributed by atoms with van der Waals surface area (Å²) in [7, 11) is 0. The first-order chi connectivity index (χ1) is 39.2. The van der Waals surface area contributed by atoms with Crippen molar-refractivity contribution in [1.29, 1.82) is 0 Å². The van der Waals surface area contributed by atoms with Gasteiger partial charge in [0.15, 0.2) is 0 Å². The molecule has 16 rings (SSSR count). The molecule has 0 radical (unpaired) electrons. The summed E-state index contributed by atoms with van der Waals surface area (Å²) in [6.45, 7) is 0. The van der Waals surface area contributed by atoms with Crippen LogP contribution in [0.3, 0.4) is 0 Å². The Kier molecular flexibility index (Phi) is 10.2. The lowest BCUT2D eigenvalue weighted by atomic mass is 9.70. The molecule has 0 amide bonds. The van der Waals surface area contributed by atoms with Crippen molar-refractivity contribution in [3.63, 3.8) is 0 Å². The molecule has 2 aliphatic carbocycles. The minimum atomic E-state index is -0.630. The quantitative estimate of drug-likeness (QED) is 0.150. The van der Waals surface area contributed by atoms with E-state index in [2.05, 4.69) is 313 Å². The van der Waals surface area contributed by atoms with Crippen molar-refractivity contribution < 1.29 is 0 Å². The standard InChI is InChI=1S/C77H50N2/c1-5-25-61-51(17-1)21-13-31-63(61)55-37-41-57(42-38-55)78(75-35-15-23-53-19-3-7-27-65(53)75)59-45-47-69-67-29-9-11-33-71(67)77(73(69)49-59)72-34-12-10-30-68(72)70-48-46-60(50-74(70)77)79(76-36-16-24-54-20-4-8-28-66(54)76)58-43-39-56(40-44-58)64-32-14-22-52-18-2-6-26-62(52)64/h1-50H. The van der Waals surface area contributed by atoms with Gasteiger partial charge in [-0.1, -0.05) is 243 Å². The minimum absolute atomic E-state index is 0.630. The van der Waals surface area contributed by atoms with Gasteiger partial charge in [0, 0.05) is 33.5 Å². The van der Waals surface area contributed by atoms with Gasteiger partial charge in [-0.25, -0.2) is 0 Å². The second-order valence-corrected chi connectivity index (χ2v) is 21.1. The van der Waals surface area contributed by atoms with E-state index in [9.17, 15) is 0 Å². The molecule has 14 aromatic carbocycles. The normalized spacial score (nSPS) is 12.7. The largest absolute Gasteiger partial charge is 0.310 e. The predicted octanol–water partition coefficient (Wildman–Crippen LogP) is 20.9. The van der Waals surface area contributed by atoms with E-state index in [4.69, 9.17) is 0 Å². The van der Waals surface area contributed by atoms with Gasteiger partial charge in [-0.3, -0.25) is 0 Å². The monoisotopic (exact) mass is 1000 g/mol. The van der Waals surface area contributed by atoms with E-state index in [1.807, 2.05) is 0 Å². The second-order valence-electron chi connectivity index (χ2n) is 21.1. The van der Waals surface area contributed by atoms with Crippen LogP contribution in [0.5, 0.6) is 0 Å². The third-order valence-electron chi connectivity index (χ3n) is 17.0. The Morgan fingerprint density at radius 2 is 0.506 bits per heavy atom. The van der Waals surface area contributed by atoms with Crippen LogP contribution in [0.2, 0.25) is 0 Å². The molecule has 14 aromatic rings. The third kappa shape index (κ3) is 6.91. The van der Waals surface area contributed by atoms with Crippen molar-refractivity contribution in [3.05, 3.63) is 326 Å². The minimum Gasteiger partial charge on any atom is -0.310 e. The lowest BCUT2D eigenvalue weighted by Crippen LogP contribution is -2.26. The molecule has 2 aliphatic rings. The van der Waals surface area contributed by atoms with Gasteiger partial charge in [0.2, 0.25) is 0 Å². The second kappa shape index (κ2) is 17.9. The van der Waals surface area contributed by atoms with E-state index in [1.54, 1.807) is 0 Å². The fourth-order valence-corrected chi connectivity index (χ4v) is 13.6. The first-order valence-corrected chi connectivity index (χ1v) is 27.4. The van der Waals surface area contributed by atoms with Crippen LogP contribution in [-0.2, 0) is 5.41 Å². The molecule has 368 valence electrons. The Hall–Kier alpha value is -10.3. The lowest BCUT2D eigenvalue weighted by Gasteiger charge is -2.33. The number of fused-ring (bicyclic) bond motifs is 14. The van der Waals surface area contributed by atoms with Crippen LogP contribution in [0.1, 0.15) is 22.3 Å². The number of hydrogen-bond acceptors (Lipinski definition) is 2. The highest BCUT2D eigenvalue weighted by Crippen LogP contribution is 2.64. The van der Waals surface area contributed by atoms with Crippen LogP contribution in [0.4, 0.5) is 34.1 Å². The first-order valence-electron chi connectivity index (χ1n) is 27.4. The fourth-order valence-electron chi connectivity index (χ4n) is 13.6. The van der Waals surface area contributed by atoms with Gasteiger partial charge in [-0.05, 0) is 160 Å². The van der Waals surface area contributed by atoms with E-state index >= 15 is 0 Å². The maximum Gasteiger partial charge on any atom is 0.0727 e. The highest BCUT2D eigenvalue weighted by Gasteiger charge is 2.52. The molecule has 1 spiro atoms. The Bertz CT molecular complexity index is 4420. The van der Waals surface area contributed by atoms with Crippen molar-refractivity contribution in [2.75, 3.05) is 9.80 Å². The molecule has 0 saturated carbocycles. The zero-order chi connectivity index (χ0) is 52.0. The first kappa shape index (κ1) is 45.0. The summed E-state index contributed by atoms with van der Waals surface area (Å²) in [6, 6.07) is 113. The summed E-state index contributed by atoms with van der Waals surface area (Å²) in [6.07, 6.45) is 0. The molecule has 0 saturated heterocycles. The number of benzene rings is 14. The molecule has 0 fully saturated rings. The van der Waals surface area contributed by atoms with Crippen LogP contribution in [0, 0.1) is 0 Å². The number of nitrogens with zero attached hydrogens (tertiary/aromatic N) is 2. The van der Waals surface area contributed by atoms with Gasteiger partial charge < -0.3 is 9.80 Å². The SMILES string of the molecule is c1ccc2c(c1)-c1ccc(N(c3ccc(-c4cccc5ccccc45)cc3)c3cccc4ccccc34)cc1C21c2ccccc2-c2ccc(N(c3ccc(-c4cccc5ccccc45)cc3)c3cccc4ccccc34)cc21. The predicted molar refractivity (Wildman–Crippen MR) is 333 cm³/mol. The average molecular weight is 1000 g/mol. The Morgan fingerprint density at radius 1 is 0.203 bits per heavy atom. The smallest absolute Gasteiger partial charge is 0.0727 e. The summed E-state index contributed by atoms with van der Waals surface area (Å²) in [4.78, 5) is 4.96. The van der Waals surface area contributed by atoms with Gasteiger partial charge in [0.1, 0.15) is 0 Å². The van der Waals surface area contributed by atoms with Gasteiger partial charge >= 0.3 is 0 Å². The van der Waals surface area contributed by atoms with E-state index in [0.29, 0.717) is 0 Å². The highest BCUT2D eigenvalue weighted by atomic mass is 15.1. The summed E-state index contributed by atoms with van der Waals surface area (Å²) in [5.41, 5.74) is 21.1. The van der Waals surface area contributed by atoms with Crippen molar-refractivity contribution >= 4 is 77.2 Å². The van der Waals surface area contributed by atoms with E-state index in [1.165, 1.54) is 110 Å². The number of rotatable bonds is 8. The van der Waals surface area contributed by atoms with Crippen molar-refractivity contribution in [2.24, 2.45) is 0 Å². The molecule has 2 heteroatoms. The van der Waals surface area contributed by atoms with Crippen LogP contribution < -0.4 is 9.80 Å². The summed E-state index contributed by atoms with van der Waals surface area (Å²) >= 11 is 0. The van der Waals surface area contributed by atoms with Gasteiger partial charge in [-0.2, -0.15) is 0 Å². The summed E-state index contributed by atoms with van der Waals surface area (Å²) < 4.78 is 0. The molecule has 2 nitrogen and oxygen atoms in total. The lowest BCUT2D eigenvalue weighted by molar-refractivity contribution is 0.793. The van der Waals surface area contributed by atoms with Crippen LogP contribution >= 0.6 is 0 Å². The summed E-state index contributed by atoms with van der Waals surface area (Å²) in [5.74, 6) is 0. The molecule has 0 heterocycles. The maximum absolute atomic E-state index is 2.52.